The zero-order valence-electron chi connectivity index (χ0n) is 14.3. The predicted octanol–water partition coefficient (Wildman–Crippen LogP) is 4.29. The summed E-state index contributed by atoms with van der Waals surface area (Å²) in [7, 11) is 0. The van der Waals surface area contributed by atoms with Gasteiger partial charge < -0.3 is 14.8 Å². The molecule has 0 saturated carbocycles. The van der Waals surface area contributed by atoms with E-state index >= 15 is 0 Å². The minimum atomic E-state index is -0.143. The number of hydrogen-bond acceptors (Lipinski definition) is 4. The van der Waals surface area contributed by atoms with Gasteiger partial charge in [-0.1, -0.05) is 23.2 Å². The Morgan fingerprint density at radius 2 is 1.93 bits per heavy atom. The van der Waals surface area contributed by atoms with Crippen molar-refractivity contribution < 1.29 is 14.3 Å². The minimum absolute atomic E-state index is 0.143. The van der Waals surface area contributed by atoms with Crippen LogP contribution in [-0.4, -0.2) is 30.6 Å². The molecule has 2 aromatic carbocycles. The number of benzene rings is 2. The summed E-state index contributed by atoms with van der Waals surface area (Å²) in [5.74, 6) is 1.09. The Hall–Kier alpha value is -2.50. The number of nitrogens with one attached hydrogen (secondary N) is 1. The standard InChI is InChI=1S/C20H16Cl2N2O3/c21-15-9-12(10-17-19(15)27-8-7-26-17)5-6-23-20(25)14-1-3-16-13(11-14)2-4-18(22)24-16/h1-4,9-11H,5-8H2,(H,23,25). The van der Waals surface area contributed by atoms with Gasteiger partial charge in [0.05, 0.1) is 10.5 Å². The topological polar surface area (TPSA) is 60.5 Å². The molecule has 0 aliphatic carbocycles. The second-order valence-corrected chi connectivity index (χ2v) is 6.94. The molecule has 1 amide bonds. The number of carbonyl (C=O) groups is 1. The van der Waals surface area contributed by atoms with Crippen molar-refractivity contribution in [1.29, 1.82) is 0 Å². The highest BCUT2D eigenvalue weighted by Crippen LogP contribution is 2.38. The summed E-state index contributed by atoms with van der Waals surface area (Å²) in [6.07, 6.45) is 0.632. The second-order valence-electron chi connectivity index (χ2n) is 6.15. The second kappa shape index (κ2) is 7.62. The van der Waals surface area contributed by atoms with Gasteiger partial charge in [-0.05, 0) is 54.4 Å². The molecule has 0 spiro atoms. The lowest BCUT2D eigenvalue weighted by atomic mass is 10.1. The molecule has 2 heterocycles. The first-order valence-electron chi connectivity index (χ1n) is 8.53. The van der Waals surface area contributed by atoms with Crippen LogP contribution in [0.4, 0.5) is 0 Å². The van der Waals surface area contributed by atoms with Crippen LogP contribution in [0.15, 0.2) is 42.5 Å². The molecule has 0 unspecified atom stereocenters. The predicted molar refractivity (Wildman–Crippen MR) is 105 cm³/mol. The summed E-state index contributed by atoms with van der Waals surface area (Å²) >= 11 is 12.1. The summed E-state index contributed by atoms with van der Waals surface area (Å²) in [4.78, 5) is 16.6. The summed E-state index contributed by atoms with van der Waals surface area (Å²) < 4.78 is 11.1. The van der Waals surface area contributed by atoms with Crippen LogP contribution in [0.3, 0.4) is 0 Å². The van der Waals surface area contributed by atoms with E-state index in [9.17, 15) is 4.79 Å². The molecule has 1 aliphatic heterocycles. The van der Waals surface area contributed by atoms with Crippen LogP contribution in [0.25, 0.3) is 10.9 Å². The first-order valence-corrected chi connectivity index (χ1v) is 9.28. The number of hydrogen-bond donors (Lipinski definition) is 1. The van der Waals surface area contributed by atoms with Crippen molar-refractivity contribution in [3.8, 4) is 11.5 Å². The van der Waals surface area contributed by atoms with Crippen molar-refractivity contribution in [1.82, 2.24) is 10.3 Å². The van der Waals surface area contributed by atoms with Crippen molar-refractivity contribution >= 4 is 40.0 Å². The SMILES string of the molecule is O=C(NCCc1cc(Cl)c2c(c1)OCCO2)c1ccc2nc(Cl)ccc2c1. The highest BCUT2D eigenvalue weighted by Gasteiger charge is 2.16. The number of fused-ring (bicyclic) bond motifs is 2. The summed E-state index contributed by atoms with van der Waals surface area (Å²) in [5, 5.41) is 4.74. The Balaban J connectivity index is 1.41. The van der Waals surface area contributed by atoms with Crippen LogP contribution in [0.2, 0.25) is 10.2 Å². The maximum atomic E-state index is 12.4. The number of nitrogens with zero attached hydrogens (tertiary/aromatic N) is 1. The number of ether oxygens (including phenoxy) is 2. The number of amides is 1. The first kappa shape index (κ1) is 17.9. The van der Waals surface area contributed by atoms with Gasteiger partial charge in [-0.25, -0.2) is 4.98 Å². The summed E-state index contributed by atoms with van der Waals surface area (Å²) in [5.41, 5.74) is 2.30. The number of rotatable bonds is 4. The molecule has 27 heavy (non-hydrogen) atoms. The van der Waals surface area contributed by atoms with Gasteiger partial charge in [0.15, 0.2) is 11.5 Å². The number of carbonyl (C=O) groups excluding carboxylic acids is 1. The molecule has 0 atom stereocenters. The highest BCUT2D eigenvalue weighted by molar-refractivity contribution is 6.32. The largest absolute Gasteiger partial charge is 0.486 e. The van der Waals surface area contributed by atoms with E-state index in [1.54, 1.807) is 24.3 Å². The van der Waals surface area contributed by atoms with E-state index in [4.69, 9.17) is 32.7 Å². The fourth-order valence-corrected chi connectivity index (χ4v) is 3.41. The molecule has 4 rings (SSSR count). The third-order valence-electron chi connectivity index (χ3n) is 4.27. The molecule has 138 valence electrons. The maximum Gasteiger partial charge on any atom is 0.251 e. The van der Waals surface area contributed by atoms with Gasteiger partial charge in [-0.3, -0.25) is 4.79 Å². The zero-order valence-corrected chi connectivity index (χ0v) is 15.8. The number of aromatic nitrogens is 1. The number of halogens is 2. The Kier molecular flexibility index (Phi) is 5.05. The summed E-state index contributed by atoms with van der Waals surface area (Å²) in [6.45, 7) is 1.48. The van der Waals surface area contributed by atoms with Gasteiger partial charge >= 0.3 is 0 Å². The third kappa shape index (κ3) is 3.94. The van der Waals surface area contributed by atoms with E-state index in [0.29, 0.717) is 53.4 Å². The molecule has 7 heteroatoms. The smallest absolute Gasteiger partial charge is 0.251 e. The van der Waals surface area contributed by atoms with Crippen molar-refractivity contribution in [2.45, 2.75) is 6.42 Å². The van der Waals surface area contributed by atoms with Crippen molar-refractivity contribution in [3.05, 3.63) is 63.8 Å². The first-order chi connectivity index (χ1) is 13.1. The lowest BCUT2D eigenvalue weighted by Gasteiger charge is -2.20. The molecule has 0 radical (unpaired) electrons. The van der Waals surface area contributed by atoms with E-state index in [0.717, 1.165) is 16.5 Å². The molecule has 0 bridgehead atoms. The maximum absolute atomic E-state index is 12.4. The van der Waals surface area contributed by atoms with E-state index in [-0.39, 0.29) is 5.91 Å². The average Bonchev–Trinajstić information content (AvgIpc) is 2.67. The number of pyridine rings is 1. The fraction of sp³-hybridized carbons (Fsp3) is 0.200. The average molecular weight is 403 g/mol. The zero-order chi connectivity index (χ0) is 18.8. The van der Waals surface area contributed by atoms with Gasteiger partial charge in [0.1, 0.15) is 18.4 Å². The van der Waals surface area contributed by atoms with E-state index in [1.165, 1.54) is 0 Å². The van der Waals surface area contributed by atoms with Crippen molar-refractivity contribution in [3.63, 3.8) is 0 Å². The van der Waals surface area contributed by atoms with Gasteiger partial charge in [0.2, 0.25) is 0 Å². The van der Waals surface area contributed by atoms with Gasteiger partial charge in [-0.15, -0.1) is 0 Å². The fourth-order valence-electron chi connectivity index (χ4n) is 2.97. The normalized spacial score (nSPS) is 12.8. The monoisotopic (exact) mass is 402 g/mol. The Labute approximate surface area is 166 Å². The Bertz CT molecular complexity index is 1020. The molecule has 5 nitrogen and oxygen atoms in total. The van der Waals surface area contributed by atoms with Crippen LogP contribution in [-0.2, 0) is 6.42 Å². The van der Waals surface area contributed by atoms with Gasteiger partial charge in [-0.2, -0.15) is 0 Å². The van der Waals surface area contributed by atoms with Crippen LogP contribution in [0.5, 0.6) is 11.5 Å². The van der Waals surface area contributed by atoms with Crippen LogP contribution in [0, 0.1) is 0 Å². The van der Waals surface area contributed by atoms with Crippen LogP contribution < -0.4 is 14.8 Å². The van der Waals surface area contributed by atoms with E-state index in [1.807, 2.05) is 18.2 Å². The van der Waals surface area contributed by atoms with E-state index in [2.05, 4.69) is 10.3 Å². The van der Waals surface area contributed by atoms with Crippen molar-refractivity contribution in [2.75, 3.05) is 19.8 Å². The van der Waals surface area contributed by atoms with Gasteiger partial charge in [0, 0.05) is 17.5 Å². The summed E-state index contributed by atoms with van der Waals surface area (Å²) in [6, 6.07) is 12.6. The van der Waals surface area contributed by atoms with Crippen LogP contribution >= 0.6 is 23.2 Å². The third-order valence-corrected chi connectivity index (χ3v) is 4.76. The van der Waals surface area contributed by atoms with E-state index < -0.39 is 0 Å². The molecule has 0 saturated heterocycles. The lowest BCUT2D eigenvalue weighted by Crippen LogP contribution is -2.25. The minimum Gasteiger partial charge on any atom is -0.486 e. The molecule has 1 N–H and O–H groups in total. The van der Waals surface area contributed by atoms with Crippen molar-refractivity contribution in [2.24, 2.45) is 0 Å². The Morgan fingerprint density at radius 1 is 1.07 bits per heavy atom. The molecular weight excluding hydrogens is 387 g/mol. The Morgan fingerprint density at radius 3 is 2.81 bits per heavy atom. The molecule has 3 aromatic rings. The van der Waals surface area contributed by atoms with Crippen LogP contribution in [0.1, 0.15) is 15.9 Å². The molecule has 0 fully saturated rings. The lowest BCUT2D eigenvalue weighted by molar-refractivity contribution is 0.0954. The quantitative estimate of drug-likeness (QED) is 0.661. The van der Waals surface area contributed by atoms with Gasteiger partial charge in [0.25, 0.3) is 5.91 Å². The molecule has 1 aliphatic rings. The molecular formula is C20H16Cl2N2O3. The highest BCUT2D eigenvalue weighted by atomic mass is 35.5. The molecule has 1 aromatic heterocycles.